The van der Waals surface area contributed by atoms with Crippen molar-refractivity contribution in [2.45, 2.75) is 34.6 Å². The van der Waals surface area contributed by atoms with Crippen molar-refractivity contribution >= 4 is 5.97 Å². The number of hydrogen-bond acceptors (Lipinski definition) is 3. The van der Waals surface area contributed by atoms with Gasteiger partial charge in [0.15, 0.2) is 0 Å². The van der Waals surface area contributed by atoms with Gasteiger partial charge >= 0.3 is 5.97 Å². The smallest absolute Gasteiger partial charge is 0.338 e. The van der Waals surface area contributed by atoms with Crippen LogP contribution in [0.4, 0.5) is 0 Å². The van der Waals surface area contributed by atoms with Crippen LogP contribution in [0.25, 0.3) is 0 Å². The average molecular weight is 236 g/mol. The van der Waals surface area contributed by atoms with E-state index in [9.17, 15) is 4.79 Å². The van der Waals surface area contributed by atoms with E-state index >= 15 is 0 Å². The Kier molecular flexibility index (Phi) is 4.16. The number of carbonyl (C=O) groups is 1. The molecule has 17 heavy (non-hydrogen) atoms. The van der Waals surface area contributed by atoms with Gasteiger partial charge in [-0.3, -0.25) is 0 Å². The van der Waals surface area contributed by atoms with Crippen LogP contribution in [0.3, 0.4) is 0 Å². The Labute approximate surface area is 103 Å². The highest BCUT2D eigenvalue weighted by Crippen LogP contribution is 2.32. The van der Waals surface area contributed by atoms with E-state index in [-0.39, 0.29) is 5.97 Å². The summed E-state index contributed by atoms with van der Waals surface area (Å²) in [5.41, 5.74) is 4.53. The van der Waals surface area contributed by atoms with Gasteiger partial charge in [0, 0.05) is 0 Å². The van der Waals surface area contributed by atoms with Gasteiger partial charge < -0.3 is 9.47 Å². The van der Waals surface area contributed by atoms with Crippen molar-refractivity contribution in [2.24, 2.45) is 0 Å². The zero-order valence-corrected chi connectivity index (χ0v) is 11.4. The van der Waals surface area contributed by atoms with Crippen LogP contribution < -0.4 is 4.74 Å². The summed E-state index contributed by atoms with van der Waals surface area (Å²) < 4.78 is 10.5. The third-order valence-corrected chi connectivity index (χ3v) is 3.24. The first-order chi connectivity index (χ1) is 7.95. The van der Waals surface area contributed by atoms with Gasteiger partial charge in [-0.05, 0) is 56.9 Å². The molecule has 3 nitrogen and oxygen atoms in total. The molecule has 0 saturated carbocycles. The van der Waals surface area contributed by atoms with E-state index in [2.05, 4.69) is 0 Å². The molecule has 0 heterocycles. The SMILES string of the molecule is CCOC(=O)c1c(C)c(C)c(OC)c(C)c1C. The first-order valence-electron chi connectivity index (χ1n) is 5.77. The lowest BCUT2D eigenvalue weighted by Gasteiger charge is -2.18. The summed E-state index contributed by atoms with van der Waals surface area (Å²) in [5, 5.41) is 0. The average Bonchev–Trinajstić information content (AvgIpc) is 2.28. The normalized spacial score (nSPS) is 10.2. The second-order valence-electron chi connectivity index (χ2n) is 4.13. The number of carbonyl (C=O) groups excluding carboxylic acids is 1. The molecule has 0 atom stereocenters. The summed E-state index contributed by atoms with van der Waals surface area (Å²) in [7, 11) is 1.65. The first kappa shape index (κ1) is 13.6. The van der Waals surface area contributed by atoms with Gasteiger partial charge in [0.2, 0.25) is 0 Å². The zero-order valence-electron chi connectivity index (χ0n) is 11.4. The molecule has 0 aliphatic heterocycles. The zero-order chi connectivity index (χ0) is 13.2. The van der Waals surface area contributed by atoms with E-state index in [1.807, 2.05) is 34.6 Å². The van der Waals surface area contributed by atoms with Crippen LogP contribution in [0.15, 0.2) is 0 Å². The molecule has 94 valence electrons. The van der Waals surface area contributed by atoms with Gasteiger partial charge in [-0.2, -0.15) is 0 Å². The van der Waals surface area contributed by atoms with Crippen molar-refractivity contribution in [3.63, 3.8) is 0 Å². The monoisotopic (exact) mass is 236 g/mol. The Hall–Kier alpha value is -1.51. The topological polar surface area (TPSA) is 35.5 Å². The van der Waals surface area contributed by atoms with Crippen molar-refractivity contribution in [1.29, 1.82) is 0 Å². The predicted molar refractivity (Wildman–Crippen MR) is 67.9 cm³/mol. The lowest BCUT2D eigenvalue weighted by molar-refractivity contribution is 0.0524. The van der Waals surface area contributed by atoms with Crippen LogP contribution in [0, 0.1) is 27.7 Å². The summed E-state index contributed by atoms with van der Waals surface area (Å²) in [6.07, 6.45) is 0. The second-order valence-corrected chi connectivity index (χ2v) is 4.13. The lowest BCUT2D eigenvalue weighted by Crippen LogP contribution is -2.12. The minimum Gasteiger partial charge on any atom is -0.496 e. The third kappa shape index (κ3) is 2.28. The molecule has 0 N–H and O–H groups in total. The number of methoxy groups -OCH3 is 1. The van der Waals surface area contributed by atoms with Gasteiger partial charge in [-0.15, -0.1) is 0 Å². The Morgan fingerprint density at radius 2 is 1.47 bits per heavy atom. The number of esters is 1. The number of rotatable bonds is 3. The number of benzene rings is 1. The van der Waals surface area contributed by atoms with Crippen LogP contribution in [0.1, 0.15) is 39.5 Å². The van der Waals surface area contributed by atoms with Gasteiger partial charge in [0.1, 0.15) is 5.75 Å². The molecule has 1 aromatic rings. The molecular weight excluding hydrogens is 216 g/mol. The molecule has 0 aliphatic carbocycles. The minimum atomic E-state index is -0.253. The summed E-state index contributed by atoms with van der Waals surface area (Å²) in [6.45, 7) is 9.98. The largest absolute Gasteiger partial charge is 0.496 e. The maximum atomic E-state index is 11.9. The summed E-state index contributed by atoms with van der Waals surface area (Å²) in [6, 6.07) is 0. The molecule has 0 radical (unpaired) electrons. The van der Waals surface area contributed by atoms with E-state index in [1.54, 1.807) is 7.11 Å². The molecule has 0 aromatic heterocycles. The Bertz CT molecular complexity index is 418. The molecule has 1 rings (SSSR count). The maximum absolute atomic E-state index is 11.9. The van der Waals surface area contributed by atoms with Gasteiger partial charge in [-0.25, -0.2) is 4.79 Å². The molecule has 0 saturated heterocycles. The summed E-state index contributed by atoms with van der Waals surface area (Å²) >= 11 is 0. The number of hydrogen-bond donors (Lipinski definition) is 0. The molecule has 0 amide bonds. The summed E-state index contributed by atoms with van der Waals surface area (Å²) in [5.74, 6) is 0.601. The van der Waals surface area contributed by atoms with Crippen LogP contribution in [-0.4, -0.2) is 19.7 Å². The maximum Gasteiger partial charge on any atom is 0.338 e. The second kappa shape index (κ2) is 5.21. The highest BCUT2D eigenvalue weighted by molar-refractivity contribution is 5.94. The Morgan fingerprint density at radius 3 is 1.82 bits per heavy atom. The fraction of sp³-hybridized carbons (Fsp3) is 0.500. The Balaban J connectivity index is 3.48. The van der Waals surface area contributed by atoms with Crippen molar-refractivity contribution in [3.05, 3.63) is 27.8 Å². The summed E-state index contributed by atoms with van der Waals surface area (Å²) in [4.78, 5) is 11.9. The van der Waals surface area contributed by atoms with E-state index in [1.165, 1.54) is 0 Å². The lowest BCUT2D eigenvalue weighted by atomic mass is 9.93. The first-order valence-corrected chi connectivity index (χ1v) is 5.77. The molecule has 0 bridgehead atoms. The molecule has 0 spiro atoms. The van der Waals surface area contributed by atoms with Crippen LogP contribution in [-0.2, 0) is 4.74 Å². The molecule has 0 fully saturated rings. The fourth-order valence-electron chi connectivity index (χ4n) is 2.09. The van der Waals surface area contributed by atoms with Gasteiger partial charge in [0.05, 0.1) is 19.3 Å². The van der Waals surface area contributed by atoms with E-state index in [0.717, 1.165) is 28.0 Å². The van der Waals surface area contributed by atoms with Crippen molar-refractivity contribution in [3.8, 4) is 5.75 Å². The molecular formula is C14H20O3. The van der Waals surface area contributed by atoms with Crippen molar-refractivity contribution in [1.82, 2.24) is 0 Å². The van der Waals surface area contributed by atoms with E-state index in [4.69, 9.17) is 9.47 Å². The quantitative estimate of drug-likeness (QED) is 0.756. The Morgan fingerprint density at radius 1 is 1.00 bits per heavy atom. The number of ether oxygens (including phenoxy) is 2. The van der Waals surface area contributed by atoms with Gasteiger partial charge in [0.25, 0.3) is 0 Å². The van der Waals surface area contributed by atoms with Crippen LogP contribution >= 0.6 is 0 Å². The van der Waals surface area contributed by atoms with E-state index in [0.29, 0.717) is 12.2 Å². The molecule has 0 aliphatic rings. The van der Waals surface area contributed by atoms with Crippen LogP contribution in [0.5, 0.6) is 5.75 Å². The molecule has 3 heteroatoms. The minimum absolute atomic E-state index is 0.253. The third-order valence-electron chi connectivity index (χ3n) is 3.24. The van der Waals surface area contributed by atoms with E-state index < -0.39 is 0 Å². The predicted octanol–water partition coefficient (Wildman–Crippen LogP) is 3.11. The molecule has 0 unspecified atom stereocenters. The van der Waals surface area contributed by atoms with Gasteiger partial charge in [-0.1, -0.05) is 0 Å². The standard InChI is InChI=1S/C14H20O3/c1-7-17-14(15)12-8(2)10(4)13(16-6)11(5)9(12)3/h7H2,1-6H3. The molecule has 1 aromatic carbocycles. The highest BCUT2D eigenvalue weighted by atomic mass is 16.5. The van der Waals surface area contributed by atoms with Crippen LogP contribution in [0.2, 0.25) is 0 Å². The fourth-order valence-corrected chi connectivity index (χ4v) is 2.09. The van der Waals surface area contributed by atoms with Crippen molar-refractivity contribution in [2.75, 3.05) is 13.7 Å². The highest BCUT2D eigenvalue weighted by Gasteiger charge is 2.20. The van der Waals surface area contributed by atoms with Crippen molar-refractivity contribution < 1.29 is 14.3 Å².